The van der Waals surface area contributed by atoms with Gasteiger partial charge in [-0.1, -0.05) is 35.5 Å². The highest BCUT2D eigenvalue weighted by Gasteiger charge is 2.34. The second-order valence-corrected chi connectivity index (χ2v) is 8.16. The zero-order chi connectivity index (χ0) is 20.7. The van der Waals surface area contributed by atoms with Crippen molar-refractivity contribution in [2.24, 2.45) is 7.05 Å². The van der Waals surface area contributed by atoms with E-state index in [0.717, 1.165) is 16.8 Å². The van der Waals surface area contributed by atoms with Crippen molar-refractivity contribution < 1.29 is 4.79 Å². The van der Waals surface area contributed by atoms with Gasteiger partial charge in [0.25, 0.3) is 11.5 Å². The molecule has 0 saturated carbocycles. The number of aryl methyl sites for hydroxylation is 1. The predicted molar refractivity (Wildman–Crippen MR) is 115 cm³/mol. The van der Waals surface area contributed by atoms with Crippen LogP contribution in [0.5, 0.6) is 0 Å². The predicted octanol–water partition coefficient (Wildman–Crippen LogP) is 3.07. The number of pyridine rings is 1. The van der Waals surface area contributed by atoms with Gasteiger partial charge in [-0.2, -0.15) is 11.3 Å². The van der Waals surface area contributed by atoms with Crippen LogP contribution in [0, 0.1) is 0 Å². The fraction of sp³-hybridized carbons (Fsp3) is 0.182. The Bertz CT molecular complexity index is 1250. The molecule has 0 aliphatic carbocycles. The van der Waals surface area contributed by atoms with Crippen LogP contribution in [0.2, 0.25) is 0 Å². The van der Waals surface area contributed by atoms with Gasteiger partial charge in [0, 0.05) is 43.5 Å². The van der Waals surface area contributed by atoms with E-state index in [2.05, 4.69) is 10.3 Å². The van der Waals surface area contributed by atoms with Gasteiger partial charge in [-0.15, -0.1) is 5.10 Å². The highest BCUT2D eigenvalue weighted by molar-refractivity contribution is 7.08. The fourth-order valence-corrected chi connectivity index (χ4v) is 4.27. The highest BCUT2D eigenvalue weighted by Crippen LogP contribution is 2.29. The van der Waals surface area contributed by atoms with Crippen molar-refractivity contribution in [3.05, 3.63) is 81.5 Å². The van der Waals surface area contributed by atoms with E-state index in [0.29, 0.717) is 24.2 Å². The van der Waals surface area contributed by atoms with E-state index in [9.17, 15) is 9.59 Å². The molecule has 150 valence electrons. The lowest BCUT2D eigenvalue weighted by molar-refractivity contribution is 0.0498. The Labute approximate surface area is 176 Å². The van der Waals surface area contributed by atoms with E-state index in [-0.39, 0.29) is 17.5 Å². The molecule has 1 aromatic carbocycles. The third kappa shape index (κ3) is 3.25. The highest BCUT2D eigenvalue weighted by atomic mass is 32.1. The maximum atomic E-state index is 13.2. The van der Waals surface area contributed by atoms with E-state index in [1.807, 2.05) is 58.0 Å². The number of carbonyl (C=O) groups excluding carboxylic acids is 1. The number of nitrogens with zero attached hydrogens (tertiary/aromatic N) is 5. The number of hydrogen-bond acceptors (Lipinski definition) is 5. The molecule has 4 aromatic rings. The smallest absolute Gasteiger partial charge is 0.256 e. The Balaban J connectivity index is 1.35. The number of rotatable bonds is 4. The van der Waals surface area contributed by atoms with Gasteiger partial charge in [0.2, 0.25) is 0 Å². The van der Waals surface area contributed by atoms with E-state index in [1.165, 1.54) is 22.0 Å². The third-order valence-electron chi connectivity index (χ3n) is 5.39. The third-order valence-corrected chi connectivity index (χ3v) is 6.08. The number of carbonyl (C=O) groups is 1. The molecule has 0 N–H and O–H groups in total. The maximum absolute atomic E-state index is 13.2. The van der Waals surface area contributed by atoms with Gasteiger partial charge in [0.1, 0.15) is 5.69 Å². The van der Waals surface area contributed by atoms with Gasteiger partial charge in [0.15, 0.2) is 0 Å². The molecule has 8 heteroatoms. The van der Waals surface area contributed by atoms with Crippen LogP contribution in [-0.4, -0.2) is 43.5 Å². The second-order valence-electron chi connectivity index (χ2n) is 7.38. The maximum Gasteiger partial charge on any atom is 0.256 e. The first-order valence-corrected chi connectivity index (χ1v) is 10.5. The topological polar surface area (TPSA) is 73.0 Å². The zero-order valence-corrected chi connectivity index (χ0v) is 17.1. The van der Waals surface area contributed by atoms with Crippen LogP contribution >= 0.6 is 11.3 Å². The second kappa shape index (κ2) is 7.38. The van der Waals surface area contributed by atoms with E-state index >= 15 is 0 Å². The molecule has 4 heterocycles. The van der Waals surface area contributed by atoms with Crippen LogP contribution in [0.15, 0.2) is 70.4 Å². The molecule has 1 fully saturated rings. The van der Waals surface area contributed by atoms with Crippen LogP contribution in [0.3, 0.4) is 0 Å². The van der Waals surface area contributed by atoms with Crippen LogP contribution in [0.25, 0.3) is 22.4 Å². The van der Waals surface area contributed by atoms with Gasteiger partial charge >= 0.3 is 0 Å². The summed E-state index contributed by atoms with van der Waals surface area (Å²) in [5.41, 5.74) is 3.81. The summed E-state index contributed by atoms with van der Waals surface area (Å²) in [5, 5.41) is 12.4. The minimum absolute atomic E-state index is 0.0774. The first kappa shape index (κ1) is 18.5. The quantitative estimate of drug-likeness (QED) is 0.512. The molecule has 1 amide bonds. The lowest BCUT2D eigenvalue weighted by Crippen LogP contribution is -2.51. The van der Waals surface area contributed by atoms with Crippen molar-refractivity contribution in [1.29, 1.82) is 0 Å². The summed E-state index contributed by atoms with van der Waals surface area (Å²) in [6, 6.07) is 13.5. The summed E-state index contributed by atoms with van der Waals surface area (Å²) in [4.78, 5) is 27.1. The average Bonchev–Trinajstić information content (AvgIpc) is 3.41. The average molecular weight is 417 g/mol. The van der Waals surface area contributed by atoms with Gasteiger partial charge in [-0.05, 0) is 22.4 Å². The molecule has 0 bridgehead atoms. The van der Waals surface area contributed by atoms with E-state index in [1.54, 1.807) is 18.1 Å². The summed E-state index contributed by atoms with van der Waals surface area (Å²) in [6.07, 6.45) is 3.55. The fourth-order valence-electron chi connectivity index (χ4n) is 3.61. The Morgan fingerprint density at radius 3 is 2.63 bits per heavy atom. The zero-order valence-electron chi connectivity index (χ0n) is 16.3. The molecule has 0 spiro atoms. The molecular formula is C22H19N5O2S. The van der Waals surface area contributed by atoms with Crippen molar-refractivity contribution >= 4 is 17.2 Å². The molecule has 0 atom stereocenters. The summed E-state index contributed by atoms with van der Waals surface area (Å²) < 4.78 is 3.27. The molecule has 3 aromatic heterocycles. The van der Waals surface area contributed by atoms with Gasteiger partial charge in [-0.3, -0.25) is 9.59 Å². The molecule has 7 nitrogen and oxygen atoms in total. The number of aromatic nitrogens is 4. The molecule has 0 unspecified atom stereocenters. The SMILES string of the molecule is Cn1cc(C(=O)N2CC(n3cc(-c4ccccc4)nn3)C2)c(-c2ccsc2)cc1=O. The lowest BCUT2D eigenvalue weighted by Gasteiger charge is -2.39. The molecule has 1 aliphatic rings. The lowest BCUT2D eigenvalue weighted by atomic mass is 10.0. The Morgan fingerprint density at radius 1 is 1.10 bits per heavy atom. The standard InChI is InChI=1S/C22H19N5O2S/c1-25-12-19(18(9-21(25)28)16-7-8-30-14-16)22(29)26-10-17(11-26)27-13-20(23-24-27)15-5-3-2-4-6-15/h2-9,12-14,17H,10-11H2,1H3. The van der Waals surface area contributed by atoms with Crippen molar-refractivity contribution in [2.75, 3.05) is 13.1 Å². The Kier molecular flexibility index (Phi) is 4.55. The summed E-state index contributed by atoms with van der Waals surface area (Å²) in [6.45, 7) is 1.12. The summed E-state index contributed by atoms with van der Waals surface area (Å²) in [5.74, 6) is -0.0774. The minimum atomic E-state index is -0.134. The molecule has 5 rings (SSSR count). The largest absolute Gasteiger partial charge is 0.334 e. The number of thiophene rings is 1. The van der Waals surface area contributed by atoms with Gasteiger partial charge < -0.3 is 9.47 Å². The van der Waals surface area contributed by atoms with Crippen molar-refractivity contribution in [2.45, 2.75) is 6.04 Å². The van der Waals surface area contributed by atoms with Crippen molar-refractivity contribution in [3.8, 4) is 22.4 Å². The minimum Gasteiger partial charge on any atom is -0.334 e. The number of hydrogen-bond donors (Lipinski definition) is 0. The van der Waals surface area contributed by atoms with Crippen LogP contribution in [0.1, 0.15) is 16.4 Å². The van der Waals surface area contributed by atoms with E-state index < -0.39 is 0 Å². The van der Waals surface area contributed by atoms with Crippen LogP contribution < -0.4 is 5.56 Å². The van der Waals surface area contributed by atoms with Crippen LogP contribution in [0.4, 0.5) is 0 Å². The molecule has 30 heavy (non-hydrogen) atoms. The normalized spacial score (nSPS) is 14.0. The van der Waals surface area contributed by atoms with Crippen LogP contribution in [-0.2, 0) is 7.05 Å². The molecule has 1 saturated heterocycles. The number of likely N-dealkylation sites (tertiary alicyclic amines) is 1. The van der Waals surface area contributed by atoms with Crippen molar-refractivity contribution in [1.82, 2.24) is 24.5 Å². The Hall–Kier alpha value is -3.52. The Morgan fingerprint density at radius 2 is 1.90 bits per heavy atom. The number of amides is 1. The summed E-state index contributed by atoms with van der Waals surface area (Å²) in [7, 11) is 1.66. The number of benzene rings is 1. The van der Waals surface area contributed by atoms with Gasteiger partial charge in [0.05, 0.1) is 17.8 Å². The summed E-state index contributed by atoms with van der Waals surface area (Å²) >= 11 is 1.54. The molecule has 0 radical (unpaired) electrons. The van der Waals surface area contributed by atoms with Crippen molar-refractivity contribution in [3.63, 3.8) is 0 Å². The first-order chi connectivity index (χ1) is 14.6. The first-order valence-electron chi connectivity index (χ1n) is 9.60. The monoisotopic (exact) mass is 417 g/mol. The molecule has 1 aliphatic heterocycles. The van der Waals surface area contributed by atoms with E-state index in [4.69, 9.17) is 0 Å². The molecular weight excluding hydrogens is 398 g/mol. The van der Waals surface area contributed by atoms with Gasteiger partial charge in [-0.25, -0.2) is 4.68 Å².